The second-order valence-corrected chi connectivity index (χ2v) is 5.48. The van der Waals surface area contributed by atoms with E-state index in [1.54, 1.807) is 0 Å². The van der Waals surface area contributed by atoms with Crippen molar-refractivity contribution in [1.29, 1.82) is 0 Å². The molecular weight excluding hydrogens is 184 g/mol. The van der Waals surface area contributed by atoms with Gasteiger partial charge >= 0.3 is 0 Å². The van der Waals surface area contributed by atoms with Crippen LogP contribution < -0.4 is 0 Å². The molecule has 2 aliphatic rings. The van der Waals surface area contributed by atoms with Crippen LogP contribution in [0.2, 0.25) is 0 Å². The molecule has 0 bridgehead atoms. The van der Waals surface area contributed by atoms with Crippen LogP contribution in [0.3, 0.4) is 0 Å². The van der Waals surface area contributed by atoms with E-state index in [1.807, 2.05) is 0 Å². The number of ketones is 1. The van der Waals surface area contributed by atoms with Crippen LogP contribution >= 0.6 is 0 Å². The van der Waals surface area contributed by atoms with E-state index in [0.29, 0.717) is 17.6 Å². The molecule has 2 saturated carbocycles. The molecule has 2 rings (SSSR count). The summed E-state index contributed by atoms with van der Waals surface area (Å²) in [5.74, 6) is 2.41. The van der Waals surface area contributed by atoms with Crippen molar-refractivity contribution in [2.24, 2.45) is 17.8 Å². The fourth-order valence-electron chi connectivity index (χ4n) is 3.06. The third kappa shape index (κ3) is 2.83. The molecule has 1 nitrogen and oxygen atoms in total. The summed E-state index contributed by atoms with van der Waals surface area (Å²) in [5.41, 5.74) is 0. The number of hydrogen-bond donors (Lipinski definition) is 0. The lowest BCUT2D eigenvalue weighted by atomic mass is 9.84. The van der Waals surface area contributed by atoms with Gasteiger partial charge in [-0.1, -0.05) is 39.0 Å². The van der Waals surface area contributed by atoms with Crippen LogP contribution in [-0.2, 0) is 4.79 Å². The van der Waals surface area contributed by atoms with Crippen LogP contribution in [0.4, 0.5) is 0 Å². The molecule has 86 valence electrons. The molecule has 0 radical (unpaired) electrons. The fourth-order valence-corrected chi connectivity index (χ4v) is 3.06. The van der Waals surface area contributed by atoms with Crippen molar-refractivity contribution in [1.82, 2.24) is 0 Å². The maximum absolute atomic E-state index is 11.9. The van der Waals surface area contributed by atoms with Gasteiger partial charge in [0.05, 0.1) is 0 Å². The predicted octanol–water partition coefficient (Wildman–Crippen LogP) is 3.96. The summed E-state index contributed by atoms with van der Waals surface area (Å²) in [7, 11) is 0. The number of rotatable bonds is 6. The van der Waals surface area contributed by atoms with Crippen molar-refractivity contribution >= 4 is 5.78 Å². The van der Waals surface area contributed by atoms with Crippen LogP contribution in [-0.4, -0.2) is 5.78 Å². The zero-order chi connectivity index (χ0) is 10.7. The van der Waals surface area contributed by atoms with Crippen LogP contribution in [0.5, 0.6) is 0 Å². The zero-order valence-electron chi connectivity index (χ0n) is 10.0. The fraction of sp³-hybridized carbons (Fsp3) is 0.929. The van der Waals surface area contributed by atoms with E-state index in [1.165, 1.54) is 57.8 Å². The van der Waals surface area contributed by atoms with Gasteiger partial charge in [-0.2, -0.15) is 0 Å². The van der Waals surface area contributed by atoms with Gasteiger partial charge in [-0.3, -0.25) is 4.79 Å². The van der Waals surface area contributed by atoms with E-state index >= 15 is 0 Å². The second kappa shape index (κ2) is 5.14. The highest BCUT2D eigenvalue weighted by molar-refractivity contribution is 5.86. The number of carbonyl (C=O) groups is 1. The van der Waals surface area contributed by atoms with Gasteiger partial charge in [0.2, 0.25) is 0 Å². The highest BCUT2D eigenvalue weighted by Gasteiger charge is 2.48. The molecule has 2 fully saturated rings. The maximum atomic E-state index is 11.9. The number of carbonyl (C=O) groups excluding carboxylic acids is 1. The van der Waals surface area contributed by atoms with Gasteiger partial charge in [-0.05, 0) is 31.6 Å². The van der Waals surface area contributed by atoms with Crippen molar-refractivity contribution in [3.05, 3.63) is 0 Å². The average Bonchev–Trinajstić information content (AvgIpc) is 3.01. The molecular formula is C14H24O. The Labute approximate surface area is 93.6 Å². The van der Waals surface area contributed by atoms with Crippen LogP contribution in [0.15, 0.2) is 0 Å². The minimum atomic E-state index is 0.454. The van der Waals surface area contributed by atoms with E-state index in [2.05, 4.69) is 6.92 Å². The largest absolute Gasteiger partial charge is 0.299 e. The summed E-state index contributed by atoms with van der Waals surface area (Å²) in [6.45, 7) is 2.25. The van der Waals surface area contributed by atoms with E-state index in [9.17, 15) is 4.79 Å². The summed E-state index contributed by atoms with van der Waals surface area (Å²) in [6.07, 6.45) is 11.6. The molecule has 0 aromatic rings. The van der Waals surface area contributed by atoms with Gasteiger partial charge in [0.25, 0.3) is 0 Å². The van der Waals surface area contributed by atoms with Gasteiger partial charge < -0.3 is 0 Å². The number of unbranched alkanes of at least 4 members (excludes halogenated alkanes) is 4. The van der Waals surface area contributed by atoms with Gasteiger partial charge in [0, 0.05) is 11.8 Å². The van der Waals surface area contributed by atoms with Crippen molar-refractivity contribution in [2.75, 3.05) is 0 Å². The quantitative estimate of drug-likeness (QED) is 0.604. The lowest BCUT2D eigenvalue weighted by Gasteiger charge is -2.19. The second-order valence-electron chi connectivity index (χ2n) is 5.48. The minimum absolute atomic E-state index is 0.454. The Balaban J connectivity index is 1.60. The molecule has 0 amide bonds. The molecule has 0 unspecified atom stereocenters. The highest BCUT2D eigenvalue weighted by atomic mass is 16.1. The molecule has 0 aromatic heterocycles. The highest BCUT2D eigenvalue weighted by Crippen LogP contribution is 2.49. The van der Waals surface area contributed by atoms with Gasteiger partial charge in [0.1, 0.15) is 5.78 Å². The number of Topliss-reactive ketones (excluding diaryl/α,β-unsaturated/α-hetero) is 1. The van der Waals surface area contributed by atoms with E-state index in [-0.39, 0.29) is 0 Å². The first kappa shape index (κ1) is 11.2. The van der Waals surface area contributed by atoms with E-state index < -0.39 is 0 Å². The Morgan fingerprint density at radius 1 is 1.13 bits per heavy atom. The van der Waals surface area contributed by atoms with Gasteiger partial charge in [0.15, 0.2) is 0 Å². The van der Waals surface area contributed by atoms with Crippen LogP contribution in [0.25, 0.3) is 0 Å². The molecule has 0 N–H and O–H groups in total. The van der Waals surface area contributed by atoms with E-state index in [0.717, 1.165) is 5.92 Å². The summed E-state index contributed by atoms with van der Waals surface area (Å²) >= 11 is 0. The smallest absolute Gasteiger partial charge is 0.139 e. The van der Waals surface area contributed by atoms with Crippen molar-refractivity contribution in [3.8, 4) is 0 Å². The molecule has 0 aromatic carbocycles. The Hall–Kier alpha value is -0.330. The minimum Gasteiger partial charge on any atom is -0.299 e. The molecule has 15 heavy (non-hydrogen) atoms. The first-order chi connectivity index (χ1) is 7.33. The standard InChI is InChI=1S/C14H24O/c1-2-3-4-5-6-7-11-8-9-12-10-13(12)14(11)15/h11-13H,2-10H2,1H3/t11-,12+,13-/m0/s1. The Morgan fingerprint density at radius 2 is 1.93 bits per heavy atom. The summed E-state index contributed by atoms with van der Waals surface area (Å²) in [4.78, 5) is 11.9. The van der Waals surface area contributed by atoms with Gasteiger partial charge in [-0.15, -0.1) is 0 Å². The Morgan fingerprint density at radius 3 is 2.73 bits per heavy atom. The zero-order valence-corrected chi connectivity index (χ0v) is 10.0. The third-order valence-corrected chi connectivity index (χ3v) is 4.23. The molecule has 2 aliphatic carbocycles. The predicted molar refractivity (Wildman–Crippen MR) is 62.7 cm³/mol. The third-order valence-electron chi connectivity index (χ3n) is 4.23. The summed E-state index contributed by atoms with van der Waals surface area (Å²) in [5, 5.41) is 0. The normalized spacial score (nSPS) is 33.9. The van der Waals surface area contributed by atoms with Crippen LogP contribution in [0, 0.1) is 17.8 Å². The maximum Gasteiger partial charge on any atom is 0.139 e. The molecule has 0 saturated heterocycles. The van der Waals surface area contributed by atoms with E-state index in [4.69, 9.17) is 0 Å². The first-order valence-electron chi connectivity index (χ1n) is 6.86. The Kier molecular flexibility index (Phi) is 3.82. The Bertz CT molecular complexity index is 221. The molecule has 1 heteroatoms. The SMILES string of the molecule is CCCCCCC[C@H]1CC[C@@H]2C[C@@H]2C1=O. The molecule has 0 spiro atoms. The van der Waals surface area contributed by atoms with Crippen molar-refractivity contribution < 1.29 is 4.79 Å². The molecule has 3 atom stereocenters. The number of fused-ring (bicyclic) bond motifs is 1. The lowest BCUT2D eigenvalue weighted by molar-refractivity contribution is -0.126. The van der Waals surface area contributed by atoms with Crippen molar-refractivity contribution in [2.45, 2.75) is 64.7 Å². The van der Waals surface area contributed by atoms with Crippen LogP contribution in [0.1, 0.15) is 64.7 Å². The topological polar surface area (TPSA) is 17.1 Å². The monoisotopic (exact) mass is 208 g/mol. The summed E-state index contributed by atoms with van der Waals surface area (Å²) in [6, 6.07) is 0. The molecule has 0 heterocycles. The average molecular weight is 208 g/mol. The van der Waals surface area contributed by atoms with Gasteiger partial charge in [-0.25, -0.2) is 0 Å². The molecule has 0 aliphatic heterocycles. The lowest BCUT2D eigenvalue weighted by Crippen LogP contribution is -2.21. The first-order valence-corrected chi connectivity index (χ1v) is 6.86. The van der Waals surface area contributed by atoms with Crippen molar-refractivity contribution in [3.63, 3.8) is 0 Å². The summed E-state index contributed by atoms with van der Waals surface area (Å²) < 4.78 is 0. The number of hydrogen-bond acceptors (Lipinski definition) is 1.